The van der Waals surface area contributed by atoms with Crippen LogP contribution in [-0.2, 0) is 11.3 Å². The summed E-state index contributed by atoms with van der Waals surface area (Å²) in [5.74, 6) is 1.49. The van der Waals surface area contributed by atoms with Gasteiger partial charge >= 0.3 is 0 Å². The Morgan fingerprint density at radius 2 is 1.82 bits per heavy atom. The largest absolute Gasteiger partial charge is 0.340 e. The topological polar surface area (TPSA) is 74.5 Å². The second-order valence-electron chi connectivity index (χ2n) is 6.74. The Balaban J connectivity index is 0.00000196. The van der Waals surface area contributed by atoms with Crippen molar-refractivity contribution in [2.75, 3.05) is 39.8 Å². The number of nitrogens with one attached hydrogen (secondary N) is 1. The summed E-state index contributed by atoms with van der Waals surface area (Å²) in [6.07, 6.45) is 1.50. The van der Waals surface area contributed by atoms with Crippen LogP contribution >= 0.6 is 24.8 Å². The fraction of sp³-hybridized carbons (Fsp3) is 0.526. The second-order valence-corrected chi connectivity index (χ2v) is 6.74. The first-order valence-corrected chi connectivity index (χ1v) is 9.20. The van der Waals surface area contributed by atoms with Gasteiger partial charge < -0.3 is 14.7 Å². The van der Waals surface area contributed by atoms with Crippen molar-refractivity contribution in [2.45, 2.75) is 26.3 Å². The first kappa shape index (κ1) is 24.4. The van der Waals surface area contributed by atoms with Gasteiger partial charge in [-0.1, -0.05) is 35.0 Å². The molecule has 2 aromatic rings. The molecular weight excluding hydrogens is 401 g/mol. The fourth-order valence-corrected chi connectivity index (χ4v) is 3.06. The number of rotatable bonds is 7. The molecule has 1 amide bonds. The molecule has 1 N–H and O–H groups in total. The number of hydrogen-bond acceptors (Lipinski definition) is 6. The van der Waals surface area contributed by atoms with Crippen LogP contribution < -0.4 is 5.32 Å². The zero-order chi connectivity index (χ0) is 18.4. The molecule has 0 radical (unpaired) electrons. The minimum atomic E-state index is 0. The third-order valence-corrected chi connectivity index (χ3v) is 4.68. The van der Waals surface area contributed by atoms with E-state index in [4.69, 9.17) is 4.52 Å². The van der Waals surface area contributed by atoms with Crippen LogP contribution in [0.25, 0.3) is 11.4 Å². The predicted molar refractivity (Wildman–Crippen MR) is 114 cm³/mol. The molecule has 0 atom stereocenters. The lowest BCUT2D eigenvalue weighted by Gasteiger charge is -2.34. The third-order valence-electron chi connectivity index (χ3n) is 4.68. The van der Waals surface area contributed by atoms with E-state index < -0.39 is 0 Å². The first-order valence-electron chi connectivity index (χ1n) is 9.20. The van der Waals surface area contributed by atoms with E-state index in [-0.39, 0.29) is 30.7 Å². The van der Waals surface area contributed by atoms with Crippen LogP contribution in [0.15, 0.2) is 28.8 Å². The Bertz CT molecular complexity index is 715. The van der Waals surface area contributed by atoms with Gasteiger partial charge in [0.05, 0.1) is 6.54 Å². The van der Waals surface area contributed by atoms with Gasteiger partial charge in [0, 0.05) is 38.2 Å². The molecule has 1 saturated heterocycles. The number of aryl methyl sites for hydroxylation is 1. The fourth-order valence-electron chi connectivity index (χ4n) is 3.06. The summed E-state index contributed by atoms with van der Waals surface area (Å²) in [5.41, 5.74) is 2.17. The minimum Gasteiger partial charge on any atom is -0.340 e. The summed E-state index contributed by atoms with van der Waals surface area (Å²) < 4.78 is 5.40. The van der Waals surface area contributed by atoms with Crippen LogP contribution in [0, 0.1) is 6.92 Å². The van der Waals surface area contributed by atoms with Crippen molar-refractivity contribution in [3.63, 3.8) is 0 Å². The molecule has 3 rings (SSSR count). The van der Waals surface area contributed by atoms with Crippen LogP contribution in [-0.4, -0.2) is 65.6 Å². The molecule has 0 unspecified atom stereocenters. The Morgan fingerprint density at radius 1 is 1.14 bits per heavy atom. The van der Waals surface area contributed by atoms with Crippen LogP contribution in [0.2, 0.25) is 0 Å². The molecule has 0 spiro atoms. The van der Waals surface area contributed by atoms with E-state index in [2.05, 4.69) is 27.3 Å². The maximum atomic E-state index is 12.2. The highest BCUT2D eigenvalue weighted by Crippen LogP contribution is 2.17. The van der Waals surface area contributed by atoms with E-state index in [1.54, 1.807) is 0 Å². The highest BCUT2D eigenvalue weighted by Gasteiger charge is 2.22. The average Bonchev–Trinajstić information content (AvgIpc) is 3.11. The quantitative estimate of drug-likeness (QED) is 0.681. The van der Waals surface area contributed by atoms with Gasteiger partial charge in [-0.3, -0.25) is 9.69 Å². The predicted octanol–water partition coefficient (Wildman–Crippen LogP) is 2.53. The zero-order valence-electron chi connectivity index (χ0n) is 16.4. The van der Waals surface area contributed by atoms with Gasteiger partial charge in [-0.05, 0) is 26.9 Å². The van der Waals surface area contributed by atoms with Gasteiger partial charge in [-0.25, -0.2) is 0 Å². The molecule has 1 aliphatic rings. The lowest BCUT2D eigenvalue weighted by Crippen LogP contribution is -2.48. The number of piperazine rings is 1. The van der Waals surface area contributed by atoms with Gasteiger partial charge in [0.15, 0.2) is 0 Å². The van der Waals surface area contributed by atoms with Gasteiger partial charge in [-0.2, -0.15) is 4.98 Å². The third kappa shape index (κ3) is 6.74. The number of benzene rings is 1. The van der Waals surface area contributed by atoms with Crippen LogP contribution in [0.1, 0.15) is 24.3 Å². The van der Waals surface area contributed by atoms with Crippen molar-refractivity contribution in [1.82, 2.24) is 25.3 Å². The number of carbonyl (C=O) groups is 1. The van der Waals surface area contributed by atoms with E-state index in [0.29, 0.717) is 24.7 Å². The lowest BCUT2D eigenvalue weighted by atomic mass is 10.1. The second kappa shape index (κ2) is 12.0. The van der Waals surface area contributed by atoms with E-state index in [0.717, 1.165) is 44.7 Å². The molecule has 9 heteroatoms. The summed E-state index contributed by atoms with van der Waals surface area (Å²) >= 11 is 0. The molecule has 1 aromatic heterocycles. The van der Waals surface area contributed by atoms with Crippen LogP contribution in [0.5, 0.6) is 0 Å². The van der Waals surface area contributed by atoms with E-state index >= 15 is 0 Å². The molecule has 7 nitrogen and oxygen atoms in total. The minimum absolute atomic E-state index is 0. The van der Waals surface area contributed by atoms with Crippen LogP contribution in [0.4, 0.5) is 0 Å². The van der Waals surface area contributed by atoms with Crippen molar-refractivity contribution in [3.05, 3.63) is 35.7 Å². The maximum Gasteiger partial charge on any atom is 0.241 e. The molecule has 0 bridgehead atoms. The number of aromatic nitrogens is 2. The summed E-state index contributed by atoms with van der Waals surface area (Å²) in [7, 11) is 1.91. The Kier molecular flexibility index (Phi) is 10.5. The van der Waals surface area contributed by atoms with Gasteiger partial charge in [-0.15, -0.1) is 24.8 Å². The molecular formula is C19H29Cl2N5O2. The average molecular weight is 430 g/mol. The van der Waals surface area contributed by atoms with Crippen molar-refractivity contribution < 1.29 is 9.32 Å². The van der Waals surface area contributed by atoms with E-state index in [1.165, 1.54) is 5.56 Å². The highest BCUT2D eigenvalue weighted by atomic mass is 35.5. The molecule has 0 saturated carbocycles. The first-order chi connectivity index (χ1) is 12.7. The highest BCUT2D eigenvalue weighted by molar-refractivity contribution is 5.85. The normalized spacial score (nSPS) is 14.3. The molecule has 1 aliphatic heterocycles. The van der Waals surface area contributed by atoms with Gasteiger partial charge in [0.2, 0.25) is 17.6 Å². The Morgan fingerprint density at radius 3 is 2.46 bits per heavy atom. The van der Waals surface area contributed by atoms with Crippen molar-refractivity contribution in [3.8, 4) is 11.4 Å². The Hall–Kier alpha value is -1.67. The number of hydrogen-bond donors (Lipinski definition) is 1. The lowest BCUT2D eigenvalue weighted by molar-refractivity contribution is -0.133. The zero-order valence-corrected chi connectivity index (χ0v) is 18.0. The number of amides is 1. The van der Waals surface area contributed by atoms with Crippen molar-refractivity contribution in [2.24, 2.45) is 0 Å². The molecule has 1 aromatic carbocycles. The SMILES string of the molecule is CNCCCC(=O)N1CCN(Cc2nc(-c3ccc(C)cc3)no2)CC1.Cl.Cl. The van der Waals surface area contributed by atoms with Crippen LogP contribution in [0.3, 0.4) is 0 Å². The molecule has 0 aliphatic carbocycles. The van der Waals surface area contributed by atoms with Gasteiger partial charge in [0.1, 0.15) is 0 Å². The van der Waals surface area contributed by atoms with Crippen molar-refractivity contribution in [1.29, 1.82) is 0 Å². The standard InChI is InChI=1S/C19H27N5O2.2ClH/c1-15-5-7-16(8-6-15)19-21-17(26-22-19)14-23-10-12-24(13-11-23)18(25)4-3-9-20-2;;/h5-8,20H,3-4,9-14H2,1-2H3;2*1H. The molecule has 1 fully saturated rings. The van der Waals surface area contributed by atoms with E-state index in [9.17, 15) is 4.79 Å². The van der Waals surface area contributed by atoms with Crippen molar-refractivity contribution >= 4 is 30.7 Å². The summed E-state index contributed by atoms with van der Waals surface area (Å²) in [4.78, 5) is 20.9. The monoisotopic (exact) mass is 429 g/mol. The number of carbonyl (C=O) groups excluding carboxylic acids is 1. The molecule has 156 valence electrons. The molecule has 28 heavy (non-hydrogen) atoms. The van der Waals surface area contributed by atoms with Gasteiger partial charge in [0.25, 0.3) is 0 Å². The van der Waals surface area contributed by atoms with E-state index in [1.807, 2.05) is 36.2 Å². The summed E-state index contributed by atoms with van der Waals surface area (Å²) in [6, 6.07) is 8.08. The smallest absolute Gasteiger partial charge is 0.241 e. The summed E-state index contributed by atoms with van der Waals surface area (Å²) in [6.45, 7) is 6.75. The maximum absolute atomic E-state index is 12.2. The summed E-state index contributed by atoms with van der Waals surface area (Å²) in [5, 5.41) is 7.16. The Labute approximate surface area is 178 Å². The number of halogens is 2. The number of nitrogens with zero attached hydrogens (tertiary/aromatic N) is 4. The molecule has 2 heterocycles.